The molecular weight excluding hydrogens is 341 g/mol. The van der Waals surface area contributed by atoms with Gasteiger partial charge in [-0.2, -0.15) is 0 Å². The first-order chi connectivity index (χ1) is 13.0. The van der Waals surface area contributed by atoms with E-state index in [0.29, 0.717) is 6.54 Å². The van der Waals surface area contributed by atoms with Gasteiger partial charge in [0.1, 0.15) is 5.82 Å². The first-order valence-electron chi connectivity index (χ1n) is 9.69. The summed E-state index contributed by atoms with van der Waals surface area (Å²) in [7, 11) is 0. The van der Waals surface area contributed by atoms with Gasteiger partial charge in [0.25, 0.3) is 0 Å². The minimum Gasteiger partial charge on any atom is -0.305 e. The Bertz CT molecular complexity index is 858. The molecule has 0 saturated carbocycles. The van der Waals surface area contributed by atoms with E-state index in [9.17, 15) is 9.18 Å². The summed E-state index contributed by atoms with van der Waals surface area (Å²) in [5, 5.41) is 2.75. The lowest BCUT2D eigenvalue weighted by atomic mass is 9.74. The van der Waals surface area contributed by atoms with E-state index in [0.717, 1.165) is 38.2 Å². The topological polar surface area (TPSA) is 35.6 Å². The maximum absolute atomic E-state index is 14.0. The molecule has 2 aliphatic rings. The van der Waals surface area contributed by atoms with Crippen molar-refractivity contribution in [1.29, 1.82) is 0 Å². The van der Waals surface area contributed by atoms with Crippen molar-refractivity contribution in [3.63, 3.8) is 0 Å². The van der Waals surface area contributed by atoms with E-state index in [4.69, 9.17) is 0 Å². The van der Waals surface area contributed by atoms with Crippen LogP contribution in [0.2, 0.25) is 0 Å². The zero-order chi connectivity index (χ0) is 19.0. The number of benzene rings is 2. The number of carbonyl (C=O) groups excluding carboxylic acids is 1. The molecule has 5 heteroatoms. The number of nitrogens with zero attached hydrogens (tertiary/aromatic N) is 2. The molecule has 2 aliphatic heterocycles. The summed E-state index contributed by atoms with van der Waals surface area (Å²) >= 11 is 0. The minimum absolute atomic E-state index is 0.000401. The molecule has 1 saturated heterocycles. The quantitative estimate of drug-likeness (QED) is 0.846. The van der Waals surface area contributed by atoms with Crippen molar-refractivity contribution < 1.29 is 9.18 Å². The number of piperidine rings is 1. The van der Waals surface area contributed by atoms with Crippen LogP contribution < -0.4 is 10.2 Å². The first kappa shape index (κ1) is 18.0. The molecule has 4 rings (SSSR count). The standard InChI is InChI=1S/C22H26FN3O/c1-3-25-12-10-22(11-13-25)15-26(20-9-8-16(2)14-17(20)22)21(27)24-19-7-5-4-6-18(19)23/h4-9,14H,3,10-13,15H2,1-2H3,(H,24,27). The van der Waals surface area contributed by atoms with Gasteiger partial charge in [-0.3, -0.25) is 4.90 Å². The molecule has 1 spiro atoms. The van der Waals surface area contributed by atoms with Crippen LogP contribution >= 0.6 is 0 Å². The van der Waals surface area contributed by atoms with Gasteiger partial charge in [-0.25, -0.2) is 9.18 Å². The number of urea groups is 1. The third-order valence-electron chi connectivity index (χ3n) is 6.10. The lowest BCUT2D eigenvalue weighted by molar-refractivity contribution is 0.173. The molecule has 0 unspecified atom stereocenters. The van der Waals surface area contributed by atoms with Crippen molar-refractivity contribution in [2.45, 2.75) is 32.1 Å². The average molecular weight is 367 g/mol. The Kier molecular flexibility index (Phi) is 4.64. The third kappa shape index (κ3) is 3.21. The Morgan fingerprint density at radius 3 is 2.63 bits per heavy atom. The fourth-order valence-corrected chi connectivity index (χ4v) is 4.43. The van der Waals surface area contributed by atoms with Gasteiger partial charge in [0.2, 0.25) is 0 Å². The molecule has 0 radical (unpaired) electrons. The van der Waals surface area contributed by atoms with E-state index >= 15 is 0 Å². The number of nitrogens with one attached hydrogen (secondary N) is 1. The largest absolute Gasteiger partial charge is 0.326 e. The van der Waals surface area contributed by atoms with Gasteiger partial charge < -0.3 is 10.2 Å². The van der Waals surface area contributed by atoms with Gasteiger partial charge in [0.05, 0.1) is 5.69 Å². The predicted molar refractivity (Wildman–Crippen MR) is 107 cm³/mol. The van der Waals surface area contributed by atoms with Crippen LogP contribution in [-0.2, 0) is 5.41 Å². The van der Waals surface area contributed by atoms with Gasteiger partial charge in [0, 0.05) is 17.6 Å². The average Bonchev–Trinajstić information content (AvgIpc) is 2.98. The molecule has 0 aliphatic carbocycles. The van der Waals surface area contributed by atoms with Crippen molar-refractivity contribution in [1.82, 2.24) is 4.90 Å². The maximum Gasteiger partial charge on any atom is 0.326 e. The lowest BCUT2D eigenvalue weighted by Gasteiger charge is -2.39. The van der Waals surface area contributed by atoms with Crippen LogP contribution in [0.1, 0.15) is 30.9 Å². The van der Waals surface area contributed by atoms with Crippen LogP contribution in [0.25, 0.3) is 0 Å². The fourth-order valence-electron chi connectivity index (χ4n) is 4.43. The maximum atomic E-state index is 14.0. The van der Waals surface area contributed by atoms with E-state index in [-0.39, 0.29) is 17.1 Å². The van der Waals surface area contributed by atoms with E-state index in [1.54, 1.807) is 23.1 Å². The van der Waals surface area contributed by atoms with Gasteiger partial charge >= 0.3 is 6.03 Å². The second-order valence-electron chi connectivity index (χ2n) is 7.73. The molecule has 1 N–H and O–H groups in total. The lowest BCUT2D eigenvalue weighted by Crippen LogP contribution is -2.46. The molecule has 27 heavy (non-hydrogen) atoms. The summed E-state index contributed by atoms with van der Waals surface area (Å²) in [5.74, 6) is -0.417. The summed E-state index contributed by atoms with van der Waals surface area (Å²) in [6.07, 6.45) is 2.08. The normalized spacial score (nSPS) is 18.6. The fraction of sp³-hybridized carbons (Fsp3) is 0.409. The predicted octanol–water partition coefficient (Wildman–Crippen LogP) is 4.54. The summed E-state index contributed by atoms with van der Waals surface area (Å²) in [5.41, 5.74) is 3.65. The van der Waals surface area contributed by atoms with Crippen LogP contribution in [0.4, 0.5) is 20.6 Å². The molecule has 4 nitrogen and oxygen atoms in total. The molecule has 2 heterocycles. The number of rotatable bonds is 2. The highest BCUT2D eigenvalue weighted by Gasteiger charge is 2.46. The Labute approximate surface area is 160 Å². The Morgan fingerprint density at radius 2 is 1.93 bits per heavy atom. The second-order valence-corrected chi connectivity index (χ2v) is 7.73. The Hall–Kier alpha value is -2.40. The summed E-state index contributed by atoms with van der Waals surface area (Å²) in [6, 6.07) is 12.3. The summed E-state index contributed by atoms with van der Waals surface area (Å²) in [4.78, 5) is 17.3. The number of fused-ring (bicyclic) bond motifs is 2. The molecule has 2 amide bonds. The summed E-state index contributed by atoms with van der Waals surface area (Å²) in [6.45, 7) is 8.10. The monoisotopic (exact) mass is 367 g/mol. The molecular formula is C22H26FN3O. The van der Waals surface area contributed by atoms with Crippen molar-refractivity contribution in [2.24, 2.45) is 0 Å². The zero-order valence-electron chi connectivity index (χ0n) is 16.0. The second kappa shape index (κ2) is 6.97. The van der Waals surface area contributed by atoms with Gasteiger partial charge in [-0.05, 0) is 63.2 Å². The highest BCUT2D eigenvalue weighted by Crippen LogP contribution is 2.47. The molecule has 1 fully saturated rings. The Morgan fingerprint density at radius 1 is 1.19 bits per heavy atom. The van der Waals surface area contributed by atoms with Gasteiger partial charge in [-0.1, -0.05) is 36.8 Å². The van der Waals surface area contributed by atoms with Crippen molar-refractivity contribution >= 4 is 17.4 Å². The van der Waals surface area contributed by atoms with E-state index in [1.807, 2.05) is 12.1 Å². The molecule has 0 bridgehead atoms. The molecule has 142 valence electrons. The van der Waals surface area contributed by atoms with Crippen LogP contribution in [0.15, 0.2) is 42.5 Å². The first-order valence-corrected chi connectivity index (χ1v) is 9.69. The number of likely N-dealkylation sites (tertiary alicyclic amines) is 1. The zero-order valence-corrected chi connectivity index (χ0v) is 16.0. The van der Waals surface area contributed by atoms with Crippen LogP contribution in [-0.4, -0.2) is 37.1 Å². The van der Waals surface area contributed by atoms with Crippen molar-refractivity contribution in [3.05, 3.63) is 59.4 Å². The number of hydrogen-bond acceptors (Lipinski definition) is 2. The number of halogens is 1. The number of para-hydroxylation sites is 1. The minimum atomic E-state index is -0.417. The number of amides is 2. The molecule has 2 aromatic carbocycles. The smallest absolute Gasteiger partial charge is 0.305 e. The number of aryl methyl sites for hydroxylation is 1. The summed E-state index contributed by atoms with van der Waals surface area (Å²) < 4.78 is 14.0. The number of carbonyl (C=O) groups is 1. The van der Waals surface area contributed by atoms with Gasteiger partial charge in [-0.15, -0.1) is 0 Å². The SMILES string of the molecule is CCN1CCC2(CC1)CN(C(=O)Nc1ccccc1F)c1ccc(C)cc12. The highest BCUT2D eigenvalue weighted by atomic mass is 19.1. The van der Waals surface area contributed by atoms with Crippen LogP contribution in [0.3, 0.4) is 0 Å². The Balaban J connectivity index is 1.64. The number of hydrogen-bond donors (Lipinski definition) is 1. The van der Waals surface area contributed by atoms with Crippen molar-refractivity contribution in [3.8, 4) is 0 Å². The number of anilines is 2. The van der Waals surface area contributed by atoms with Gasteiger partial charge in [0.15, 0.2) is 0 Å². The van der Waals surface area contributed by atoms with E-state index in [1.165, 1.54) is 17.2 Å². The van der Waals surface area contributed by atoms with E-state index in [2.05, 4.69) is 30.1 Å². The molecule has 0 aromatic heterocycles. The highest BCUT2D eigenvalue weighted by molar-refractivity contribution is 6.03. The van der Waals surface area contributed by atoms with Crippen molar-refractivity contribution in [2.75, 3.05) is 36.4 Å². The van der Waals surface area contributed by atoms with Crippen LogP contribution in [0.5, 0.6) is 0 Å². The molecule has 2 aromatic rings. The third-order valence-corrected chi connectivity index (χ3v) is 6.10. The van der Waals surface area contributed by atoms with Crippen LogP contribution in [0, 0.1) is 12.7 Å². The molecule has 0 atom stereocenters. The van der Waals surface area contributed by atoms with E-state index < -0.39 is 5.82 Å².